The number of nitrogens with one attached hydrogen (secondary N) is 1. The SMILES string of the molecule is C/C(=C\c1ccccc1)CC(=O)NC(C)(C)CCO. The van der Waals surface area contributed by atoms with Crippen LogP contribution in [0.4, 0.5) is 0 Å². The van der Waals surface area contributed by atoms with Crippen LogP contribution in [0.5, 0.6) is 0 Å². The van der Waals surface area contributed by atoms with Crippen molar-refractivity contribution < 1.29 is 9.90 Å². The van der Waals surface area contributed by atoms with E-state index >= 15 is 0 Å². The highest BCUT2D eigenvalue weighted by atomic mass is 16.3. The number of carbonyl (C=O) groups excluding carboxylic acids is 1. The van der Waals surface area contributed by atoms with Gasteiger partial charge in [0.05, 0.1) is 0 Å². The van der Waals surface area contributed by atoms with Gasteiger partial charge < -0.3 is 10.4 Å². The maximum absolute atomic E-state index is 11.9. The first kappa shape index (κ1) is 15.4. The minimum Gasteiger partial charge on any atom is -0.396 e. The number of aliphatic hydroxyl groups is 1. The maximum Gasteiger partial charge on any atom is 0.224 e. The first-order chi connectivity index (χ1) is 8.93. The molecule has 2 N–H and O–H groups in total. The van der Waals surface area contributed by atoms with E-state index in [4.69, 9.17) is 5.11 Å². The molecule has 3 nitrogen and oxygen atoms in total. The molecule has 0 aliphatic heterocycles. The van der Waals surface area contributed by atoms with Gasteiger partial charge in [-0.3, -0.25) is 4.79 Å². The average Bonchev–Trinajstić information content (AvgIpc) is 2.28. The summed E-state index contributed by atoms with van der Waals surface area (Å²) in [6.45, 7) is 5.85. The van der Waals surface area contributed by atoms with Gasteiger partial charge >= 0.3 is 0 Å². The first-order valence-electron chi connectivity index (χ1n) is 6.57. The summed E-state index contributed by atoms with van der Waals surface area (Å²) in [5, 5.41) is 11.9. The quantitative estimate of drug-likeness (QED) is 0.827. The second-order valence-electron chi connectivity index (χ2n) is 5.48. The van der Waals surface area contributed by atoms with Crippen molar-refractivity contribution in [3.8, 4) is 0 Å². The number of aliphatic hydroxyl groups excluding tert-OH is 1. The number of amides is 1. The Bertz CT molecular complexity index is 435. The summed E-state index contributed by atoms with van der Waals surface area (Å²) in [5.41, 5.74) is 1.75. The molecule has 0 saturated heterocycles. The van der Waals surface area contributed by atoms with Crippen LogP contribution in [-0.2, 0) is 4.79 Å². The summed E-state index contributed by atoms with van der Waals surface area (Å²) >= 11 is 0. The molecule has 1 aromatic rings. The molecule has 0 heterocycles. The van der Waals surface area contributed by atoms with E-state index in [1.807, 2.05) is 57.2 Å². The lowest BCUT2D eigenvalue weighted by atomic mass is 10.0. The number of hydrogen-bond donors (Lipinski definition) is 2. The highest BCUT2D eigenvalue weighted by Crippen LogP contribution is 2.12. The largest absolute Gasteiger partial charge is 0.396 e. The first-order valence-corrected chi connectivity index (χ1v) is 6.57. The lowest BCUT2D eigenvalue weighted by Crippen LogP contribution is -2.44. The Kier molecular flexibility index (Phi) is 5.77. The van der Waals surface area contributed by atoms with Gasteiger partial charge in [-0.1, -0.05) is 42.0 Å². The van der Waals surface area contributed by atoms with Crippen molar-refractivity contribution >= 4 is 12.0 Å². The third-order valence-electron chi connectivity index (χ3n) is 2.87. The molecule has 0 aliphatic rings. The molecule has 0 aromatic heterocycles. The Morgan fingerprint density at radius 1 is 1.32 bits per heavy atom. The highest BCUT2D eigenvalue weighted by molar-refractivity contribution is 5.80. The Labute approximate surface area is 115 Å². The molecule has 0 bridgehead atoms. The molecule has 104 valence electrons. The fourth-order valence-corrected chi connectivity index (χ4v) is 1.90. The fraction of sp³-hybridized carbons (Fsp3) is 0.438. The van der Waals surface area contributed by atoms with E-state index in [0.717, 1.165) is 11.1 Å². The van der Waals surface area contributed by atoms with E-state index in [2.05, 4.69) is 5.32 Å². The van der Waals surface area contributed by atoms with Gasteiger partial charge in [-0.25, -0.2) is 0 Å². The van der Waals surface area contributed by atoms with Crippen LogP contribution >= 0.6 is 0 Å². The van der Waals surface area contributed by atoms with Crippen LogP contribution in [0, 0.1) is 0 Å². The van der Waals surface area contributed by atoms with Crippen LogP contribution in [0.15, 0.2) is 35.9 Å². The van der Waals surface area contributed by atoms with Gasteiger partial charge in [0.1, 0.15) is 0 Å². The molecule has 1 aromatic carbocycles. The summed E-state index contributed by atoms with van der Waals surface area (Å²) in [6.07, 6.45) is 2.95. The molecule has 1 rings (SSSR count). The molecule has 0 fully saturated rings. The molecule has 1 amide bonds. The van der Waals surface area contributed by atoms with E-state index in [1.165, 1.54) is 0 Å². The van der Waals surface area contributed by atoms with Crippen molar-refractivity contribution in [3.05, 3.63) is 41.5 Å². The molecule has 0 aliphatic carbocycles. The summed E-state index contributed by atoms with van der Waals surface area (Å²) in [6, 6.07) is 9.94. The van der Waals surface area contributed by atoms with Crippen molar-refractivity contribution in [2.24, 2.45) is 0 Å². The summed E-state index contributed by atoms with van der Waals surface area (Å²) in [4.78, 5) is 11.9. The monoisotopic (exact) mass is 261 g/mol. The van der Waals surface area contributed by atoms with Crippen molar-refractivity contribution in [3.63, 3.8) is 0 Å². The Hall–Kier alpha value is -1.61. The maximum atomic E-state index is 11.9. The van der Waals surface area contributed by atoms with Gasteiger partial charge in [0.2, 0.25) is 5.91 Å². The third-order valence-corrected chi connectivity index (χ3v) is 2.87. The molecule has 19 heavy (non-hydrogen) atoms. The van der Waals surface area contributed by atoms with Gasteiger partial charge in [-0.2, -0.15) is 0 Å². The van der Waals surface area contributed by atoms with Crippen molar-refractivity contribution in [2.45, 2.75) is 39.2 Å². The van der Waals surface area contributed by atoms with Gasteiger partial charge in [0.15, 0.2) is 0 Å². The summed E-state index contributed by atoms with van der Waals surface area (Å²) < 4.78 is 0. The molecule has 0 spiro atoms. The Morgan fingerprint density at radius 3 is 2.53 bits per heavy atom. The van der Waals surface area contributed by atoms with E-state index in [0.29, 0.717) is 12.8 Å². The second-order valence-corrected chi connectivity index (χ2v) is 5.48. The van der Waals surface area contributed by atoms with Crippen molar-refractivity contribution in [1.82, 2.24) is 5.32 Å². The molecule has 0 saturated carbocycles. The van der Waals surface area contributed by atoms with Gasteiger partial charge in [0.25, 0.3) is 0 Å². The zero-order valence-electron chi connectivity index (χ0n) is 11.9. The minimum atomic E-state index is -0.362. The number of hydrogen-bond acceptors (Lipinski definition) is 2. The normalized spacial score (nSPS) is 12.3. The molecular weight excluding hydrogens is 238 g/mol. The topological polar surface area (TPSA) is 49.3 Å². The second kappa shape index (κ2) is 7.10. The van der Waals surface area contributed by atoms with Crippen LogP contribution in [0.2, 0.25) is 0 Å². The Balaban J connectivity index is 2.55. The number of benzene rings is 1. The van der Waals surface area contributed by atoms with Crippen LogP contribution < -0.4 is 5.32 Å². The van der Waals surface area contributed by atoms with Crippen LogP contribution in [-0.4, -0.2) is 23.2 Å². The molecule has 0 atom stereocenters. The van der Waals surface area contributed by atoms with Gasteiger partial charge in [-0.15, -0.1) is 0 Å². The van der Waals surface area contributed by atoms with Crippen molar-refractivity contribution in [2.75, 3.05) is 6.61 Å². The van der Waals surface area contributed by atoms with E-state index in [1.54, 1.807) is 0 Å². The van der Waals surface area contributed by atoms with E-state index in [9.17, 15) is 4.79 Å². The molecule has 0 radical (unpaired) electrons. The van der Waals surface area contributed by atoms with Gasteiger partial charge in [-0.05, 0) is 32.8 Å². The standard InChI is InChI=1S/C16H23NO2/c1-13(11-14-7-5-4-6-8-14)12-15(19)17-16(2,3)9-10-18/h4-8,11,18H,9-10,12H2,1-3H3,(H,17,19)/b13-11+. The van der Waals surface area contributed by atoms with E-state index in [-0.39, 0.29) is 18.1 Å². The highest BCUT2D eigenvalue weighted by Gasteiger charge is 2.19. The summed E-state index contributed by atoms with van der Waals surface area (Å²) in [5.74, 6) is -0.0110. The zero-order chi connectivity index (χ0) is 14.3. The Morgan fingerprint density at radius 2 is 1.95 bits per heavy atom. The molecule has 0 unspecified atom stereocenters. The van der Waals surface area contributed by atoms with Crippen LogP contribution in [0.3, 0.4) is 0 Å². The predicted octanol–water partition coefficient (Wildman–Crippen LogP) is 2.76. The van der Waals surface area contributed by atoms with Crippen molar-refractivity contribution in [1.29, 1.82) is 0 Å². The predicted molar refractivity (Wildman–Crippen MR) is 78.6 cm³/mol. The lowest BCUT2D eigenvalue weighted by Gasteiger charge is -2.25. The smallest absolute Gasteiger partial charge is 0.224 e. The zero-order valence-corrected chi connectivity index (χ0v) is 11.9. The minimum absolute atomic E-state index is 0.0110. The number of carbonyl (C=O) groups is 1. The van der Waals surface area contributed by atoms with E-state index < -0.39 is 0 Å². The lowest BCUT2D eigenvalue weighted by molar-refractivity contribution is -0.122. The van der Waals surface area contributed by atoms with Crippen LogP contribution in [0.1, 0.15) is 39.2 Å². The fourth-order valence-electron chi connectivity index (χ4n) is 1.90. The number of rotatable bonds is 6. The molecular formula is C16H23NO2. The molecule has 3 heteroatoms. The van der Waals surface area contributed by atoms with Crippen LogP contribution in [0.25, 0.3) is 6.08 Å². The average molecular weight is 261 g/mol. The third kappa shape index (κ3) is 6.20. The van der Waals surface area contributed by atoms with Gasteiger partial charge in [0, 0.05) is 18.6 Å². The summed E-state index contributed by atoms with van der Waals surface area (Å²) in [7, 11) is 0.